The lowest BCUT2D eigenvalue weighted by Crippen LogP contribution is -2.31. The molecule has 142 valence electrons. The molecule has 0 radical (unpaired) electrons. The van der Waals surface area contributed by atoms with E-state index in [2.05, 4.69) is 0 Å². The zero-order valence-corrected chi connectivity index (χ0v) is 15.7. The van der Waals surface area contributed by atoms with Gasteiger partial charge in [0.05, 0.1) is 18.4 Å². The highest BCUT2D eigenvalue weighted by atomic mass is 16.5. The number of aliphatic carboxylic acids is 1. The number of likely N-dealkylation sites (tertiary alicyclic amines) is 1. The van der Waals surface area contributed by atoms with Gasteiger partial charge in [0.15, 0.2) is 0 Å². The monoisotopic (exact) mass is 367 g/mol. The van der Waals surface area contributed by atoms with Gasteiger partial charge in [-0.25, -0.2) is 0 Å². The van der Waals surface area contributed by atoms with Crippen molar-refractivity contribution in [2.75, 3.05) is 13.1 Å². The van der Waals surface area contributed by atoms with Crippen molar-refractivity contribution in [1.82, 2.24) is 4.90 Å². The molecule has 5 nitrogen and oxygen atoms in total. The Bertz CT molecular complexity index is 803. The smallest absolute Gasteiger partial charge is 0.308 e. The molecular formula is C22H25NO4. The lowest BCUT2D eigenvalue weighted by molar-refractivity contribution is -0.141. The first kappa shape index (κ1) is 19.0. The average Bonchev–Trinajstić information content (AvgIpc) is 3.08. The van der Waals surface area contributed by atoms with Gasteiger partial charge in [-0.3, -0.25) is 9.59 Å². The van der Waals surface area contributed by atoms with Gasteiger partial charge in [-0.05, 0) is 37.1 Å². The van der Waals surface area contributed by atoms with Crippen molar-refractivity contribution in [2.45, 2.75) is 32.3 Å². The van der Waals surface area contributed by atoms with Gasteiger partial charge in [0, 0.05) is 19.0 Å². The van der Waals surface area contributed by atoms with Crippen LogP contribution < -0.4 is 4.74 Å². The first-order valence-corrected chi connectivity index (χ1v) is 9.25. The number of carbonyl (C=O) groups excluding carboxylic acids is 1. The van der Waals surface area contributed by atoms with Crippen LogP contribution in [0.1, 0.15) is 30.9 Å². The largest absolute Gasteiger partial charge is 0.491 e. The predicted octanol–water partition coefficient (Wildman–Crippen LogP) is 3.34. The Labute approximate surface area is 159 Å². The van der Waals surface area contributed by atoms with E-state index in [1.165, 1.54) is 0 Å². The number of carboxylic acid groups (broad SMARTS) is 1. The van der Waals surface area contributed by atoms with Crippen LogP contribution in [0.2, 0.25) is 0 Å². The van der Waals surface area contributed by atoms with E-state index in [1.54, 1.807) is 4.90 Å². The maximum absolute atomic E-state index is 12.8. The summed E-state index contributed by atoms with van der Waals surface area (Å²) in [6.45, 7) is 4.59. The molecule has 1 N–H and O–H groups in total. The van der Waals surface area contributed by atoms with E-state index in [0.717, 1.165) is 16.9 Å². The van der Waals surface area contributed by atoms with E-state index in [4.69, 9.17) is 4.74 Å². The molecule has 0 aromatic heterocycles. The van der Waals surface area contributed by atoms with Crippen LogP contribution in [0.25, 0.3) is 0 Å². The van der Waals surface area contributed by atoms with Gasteiger partial charge < -0.3 is 14.7 Å². The number of ether oxygens (including phenoxy) is 1. The van der Waals surface area contributed by atoms with Crippen molar-refractivity contribution in [2.24, 2.45) is 5.92 Å². The van der Waals surface area contributed by atoms with Crippen LogP contribution in [-0.2, 0) is 16.0 Å². The summed E-state index contributed by atoms with van der Waals surface area (Å²) in [5.74, 6) is -0.926. The minimum absolute atomic E-state index is 0.0543. The Morgan fingerprint density at radius 3 is 2.52 bits per heavy atom. The number of amides is 1. The fraction of sp³-hybridized carbons (Fsp3) is 0.364. The number of hydrogen-bond acceptors (Lipinski definition) is 3. The fourth-order valence-corrected chi connectivity index (χ4v) is 3.58. The van der Waals surface area contributed by atoms with Gasteiger partial charge in [-0.2, -0.15) is 0 Å². The van der Waals surface area contributed by atoms with Crippen molar-refractivity contribution in [3.63, 3.8) is 0 Å². The van der Waals surface area contributed by atoms with Crippen LogP contribution >= 0.6 is 0 Å². The number of carboxylic acids is 1. The number of hydrogen-bond donors (Lipinski definition) is 1. The molecule has 0 saturated carbocycles. The van der Waals surface area contributed by atoms with Gasteiger partial charge in [0.1, 0.15) is 5.75 Å². The molecule has 1 amide bonds. The van der Waals surface area contributed by atoms with E-state index >= 15 is 0 Å². The van der Waals surface area contributed by atoms with Gasteiger partial charge >= 0.3 is 5.97 Å². The third-order valence-electron chi connectivity index (χ3n) is 4.84. The summed E-state index contributed by atoms with van der Waals surface area (Å²) in [6, 6.07) is 17.1. The van der Waals surface area contributed by atoms with Crippen LogP contribution in [0.15, 0.2) is 54.6 Å². The quantitative estimate of drug-likeness (QED) is 0.850. The zero-order chi connectivity index (χ0) is 19.4. The highest BCUT2D eigenvalue weighted by Crippen LogP contribution is 2.33. The molecule has 2 aromatic rings. The molecule has 1 heterocycles. The molecule has 2 atom stereocenters. The van der Waals surface area contributed by atoms with E-state index in [0.29, 0.717) is 6.54 Å². The Morgan fingerprint density at radius 2 is 1.85 bits per heavy atom. The van der Waals surface area contributed by atoms with Crippen LogP contribution in [0, 0.1) is 5.92 Å². The lowest BCUT2D eigenvalue weighted by atomic mass is 9.89. The van der Waals surface area contributed by atoms with E-state index in [-0.39, 0.29) is 30.9 Å². The van der Waals surface area contributed by atoms with E-state index < -0.39 is 11.9 Å². The molecule has 1 aliphatic rings. The van der Waals surface area contributed by atoms with Gasteiger partial charge in [-0.1, -0.05) is 42.5 Å². The van der Waals surface area contributed by atoms with Crippen LogP contribution in [0.3, 0.4) is 0 Å². The zero-order valence-electron chi connectivity index (χ0n) is 15.7. The van der Waals surface area contributed by atoms with Crippen molar-refractivity contribution in [3.05, 3.63) is 65.7 Å². The van der Waals surface area contributed by atoms with Crippen LogP contribution in [0.5, 0.6) is 5.75 Å². The highest BCUT2D eigenvalue weighted by molar-refractivity contribution is 5.81. The van der Waals surface area contributed by atoms with Crippen molar-refractivity contribution < 1.29 is 19.4 Å². The van der Waals surface area contributed by atoms with Crippen molar-refractivity contribution >= 4 is 11.9 Å². The third-order valence-corrected chi connectivity index (χ3v) is 4.84. The van der Waals surface area contributed by atoms with Gasteiger partial charge in [0.2, 0.25) is 5.91 Å². The molecule has 27 heavy (non-hydrogen) atoms. The number of rotatable bonds is 6. The molecule has 1 saturated heterocycles. The minimum Gasteiger partial charge on any atom is -0.491 e. The second-order valence-corrected chi connectivity index (χ2v) is 7.25. The normalized spacial score (nSPS) is 19.3. The fourth-order valence-electron chi connectivity index (χ4n) is 3.58. The molecule has 5 heteroatoms. The first-order valence-electron chi connectivity index (χ1n) is 9.25. The third kappa shape index (κ3) is 4.67. The molecule has 2 aromatic carbocycles. The standard InChI is InChI=1S/C22H25NO4/c1-15(2)27-18-10-6-7-16(11-18)12-21(24)23-13-19(20(14-23)22(25)26)17-8-4-3-5-9-17/h3-11,15,19-20H,12-14H2,1-2H3,(H,25,26)/t19-,20-/m0/s1. The molecule has 1 aliphatic heterocycles. The summed E-state index contributed by atoms with van der Waals surface area (Å²) >= 11 is 0. The maximum Gasteiger partial charge on any atom is 0.308 e. The second-order valence-electron chi connectivity index (χ2n) is 7.25. The summed E-state index contributed by atoms with van der Waals surface area (Å²) < 4.78 is 5.68. The average molecular weight is 367 g/mol. The maximum atomic E-state index is 12.8. The topological polar surface area (TPSA) is 66.8 Å². The Morgan fingerprint density at radius 1 is 1.11 bits per heavy atom. The number of benzene rings is 2. The summed E-state index contributed by atoms with van der Waals surface area (Å²) in [7, 11) is 0. The Hall–Kier alpha value is -2.82. The predicted molar refractivity (Wildman–Crippen MR) is 103 cm³/mol. The van der Waals surface area contributed by atoms with E-state index in [1.807, 2.05) is 68.4 Å². The second kappa shape index (κ2) is 8.25. The summed E-state index contributed by atoms with van der Waals surface area (Å²) in [4.78, 5) is 26.2. The number of carbonyl (C=O) groups is 2. The minimum atomic E-state index is -0.855. The van der Waals surface area contributed by atoms with Crippen LogP contribution in [-0.4, -0.2) is 41.1 Å². The molecule has 0 bridgehead atoms. The molecule has 3 rings (SSSR count). The van der Waals surface area contributed by atoms with Crippen molar-refractivity contribution in [1.29, 1.82) is 0 Å². The Kier molecular flexibility index (Phi) is 5.79. The summed E-state index contributed by atoms with van der Waals surface area (Å²) in [5.41, 5.74) is 1.83. The molecule has 0 aliphatic carbocycles. The van der Waals surface area contributed by atoms with Crippen molar-refractivity contribution in [3.8, 4) is 5.75 Å². The molecule has 0 spiro atoms. The van der Waals surface area contributed by atoms with E-state index in [9.17, 15) is 14.7 Å². The summed E-state index contributed by atoms with van der Waals surface area (Å²) in [5, 5.41) is 9.60. The summed E-state index contributed by atoms with van der Waals surface area (Å²) in [6.07, 6.45) is 0.306. The van der Waals surface area contributed by atoms with Gasteiger partial charge in [-0.15, -0.1) is 0 Å². The highest BCUT2D eigenvalue weighted by Gasteiger charge is 2.40. The molecule has 1 fully saturated rings. The van der Waals surface area contributed by atoms with Crippen LogP contribution in [0.4, 0.5) is 0 Å². The van der Waals surface area contributed by atoms with Gasteiger partial charge in [0.25, 0.3) is 0 Å². The SMILES string of the molecule is CC(C)Oc1cccc(CC(=O)N2C[C@H](C(=O)O)[C@H](c3ccccc3)C2)c1. The first-order chi connectivity index (χ1) is 12.9. The molecule has 0 unspecified atom stereocenters. The lowest BCUT2D eigenvalue weighted by Gasteiger charge is -2.17. The number of nitrogens with zero attached hydrogens (tertiary/aromatic N) is 1. The Balaban J connectivity index is 1.71. The molecular weight excluding hydrogens is 342 g/mol.